The molecule has 170 valence electrons. The van der Waals surface area contributed by atoms with E-state index >= 15 is 0 Å². The van der Waals surface area contributed by atoms with E-state index in [4.69, 9.17) is 0 Å². The molecule has 0 atom stereocenters. The molecule has 0 aromatic heterocycles. The summed E-state index contributed by atoms with van der Waals surface area (Å²) in [5.41, 5.74) is 5.06. The van der Waals surface area contributed by atoms with E-state index in [1.807, 2.05) is 20.8 Å². The van der Waals surface area contributed by atoms with Crippen LogP contribution < -0.4 is 14.8 Å². The molecule has 0 bridgehead atoms. The smallest absolute Gasteiger partial charge is 0.387 e. The summed E-state index contributed by atoms with van der Waals surface area (Å²) in [5, 5.41) is 2.67. The number of halogens is 2. The van der Waals surface area contributed by atoms with Gasteiger partial charge in [0.1, 0.15) is 5.75 Å². The Bertz CT molecular complexity index is 1020. The van der Waals surface area contributed by atoms with Crippen molar-refractivity contribution < 1.29 is 26.7 Å². The van der Waals surface area contributed by atoms with Crippen LogP contribution >= 0.6 is 0 Å². The third-order valence-electron chi connectivity index (χ3n) is 5.48. The summed E-state index contributed by atoms with van der Waals surface area (Å²) in [6, 6.07) is 5.90. The molecule has 0 spiro atoms. The molecule has 2 aromatic rings. The first-order valence-electron chi connectivity index (χ1n) is 9.81. The molecular formula is C22H28F2N2O4S. The molecule has 2 aromatic carbocycles. The molecule has 0 heterocycles. The predicted molar refractivity (Wildman–Crippen MR) is 115 cm³/mol. The second-order valence-electron chi connectivity index (χ2n) is 7.40. The molecule has 0 aliphatic rings. The number of nitrogens with one attached hydrogen (secondary N) is 2. The van der Waals surface area contributed by atoms with Gasteiger partial charge in [0.15, 0.2) is 0 Å². The molecule has 0 aliphatic carbocycles. The molecular weight excluding hydrogens is 426 g/mol. The van der Waals surface area contributed by atoms with Gasteiger partial charge in [0, 0.05) is 19.5 Å². The van der Waals surface area contributed by atoms with Crippen molar-refractivity contribution in [3.63, 3.8) is 0 Å². The van der Waals surface area contributed by atoms with Crippen LogP contribution in [0.15, 0.2) is 29.2 Å². The lowest BCUT2D eigenvalue weighted by Crippen LogP contribution is -2.31. The third kappa shape index (κ3) is 6.24. The summed E-state index contributed by atoms with van der Waals surface area (Å²) in [7, 11) is -3.77. The second kappa shape index (κ2) is 10.2. The maximum atomic E-state index is 12.9. The first kappa shape index (κ1) is 24.7. The van der Waals surface area contributed by atoms with Crippen LogP contribution in [0.1, 0.15) is 39.8 Å². The molecule has 9 heteroatoms. The number of alkyl halides is 2. The fourth-order valence-corrected chi connectivity index (χ4v) is 4.95. The highest BCUT2D eigenvalue weighted by molar-refractivity contribution is 7.89. The summed E-state index contributed by atoms with van der Waals surface area (Å²) < 4.78 is 56.8. The highest BCUT2D eigenvalue weighted by Gasteiger charge is 2.23. The normalized spacial score (nSPS) is 11.6. The number of hydrogen-bond acceptors (Lipinski definition) is 4. The standard InChI is InChI=1S/C22H28F2N2O4S/c1-13-14(2)16(4)21(17(5)15(13)3)31(28,29)26-11-10-20(27)25-12-18-6-8-19(9-7-18)30-22(23)24/h6-9,22,26H,10-12H2,1-5H3,(H,25,27). The molecule has 0 fully saturated rings. The number of benzene rings is 2. The van der Waals surface area contributed by atoms with Crippen LogP contribution in [0.3, 0.4) is 0 Å². The van der Waals surface area contributed by atoms with E-state index < -0.39 is 16.6 Å². The first-order valence-corrected chi connectivity index (χ1v) is 11.3. The summed E-state index contributed by atoms with van der Waals surface area (Å²) in [5.74, 6) is -0.299. The molecule has 0 saturated heterocycles. The van der Waals surface area contributed by atoms with Crippen LogP contribution in [0, 0.1) is 34.6 Å². The average Bonchev–Trinajstić information content (AvgIpc) is 2.69. The maximum Gasteiger partial charge on any atom is 0.387 e. The zero-order valence-electron chi connectivity index (χ0n) is 18.3. The quantitative estimate of drug-likeness (QED) is 0.603. The molecule has 0 radical (unpaired) electrons. The molecule has 2 N–H and O–H groups in total. The number of carbonyl (C=O) groups excluding carboxylic acids is 1. The van der Waals surface area contributed by atoms with Gasteiger partial charge in [0.25, 0.3) is 0 Å². The second-order valence-corrected chi connectivity index (χ2v) is 9.10. The zero-order valence-corrected chi connectivity index (χ0v) is 19.1. The van der Waals surface area contributed by atoms with Crippen molar-refractivity contribution in [1.29, 1.82) is 0 Å². The molecule has 0 unspecified atom stereocenters. The van der Waals surface area contributed by atoms with E-state index in [1.54, 1.807) is 26.0 Å². The van der Waals surface area contributed by atoms with Gasteiger partial charge in [-0.15, -0.1) is 0 Å². The maximum absolute atomic E-state index is 12.9. The minimum Gasteiger partial charge on any atom is -0.435 e. The summed E-state index contributed by atoms with van der Waals surface area (Å²) in [6.07, 6.45) is -0.0340. The van der Waals surface area contributed by atoms with Gasteiger partial charge in [0.05, 0.1) is 4.90 Å². The van der Waals surface area contributed by atoms with Crippen LogP contribution in [0.5, 0.6) is 5.75 Å². The summed E-state index contributed by atoms with van der Waals surface area (Å²) in [4.78, 5) is 12.3. The fraction of sp³-hybridized carbons (Fsp3) is 0.409. The number of amides is 1. The van der Waals surface area contributed by atoms with Gasteiger partial charge >= 0.3 is 6.61 Å². The van der Waals surface area contributed by atoms with Crippen molar-refractivity contribution in [2.24, 2.45) is 0 Å². The van der Waals surface area contributed by atoms with Crippen molar-refractivity contribution in [3.8, 4) is 5.75 Å². The van der Waals surface area contributed by atoms with Crippen LogP contribution in [0.25, 0.3) is 0 Å². The van der Waals surface area contributed by atoms with Gasteiger partial charge in [-0.05, 0) is 80.1 Å². The lowest BCUT2D eigenvalue weighted by atomic mass is 9.95. The van der Waals surface area contributed by atoms with E-state index in [1.165, 1.54) is 12.1 Å². The minimum atomic E-state index is -3.77. The Morgan fingerprint density at radius 3 is 1.97 bits per heavy atom. The van der Waals surface area contributed by atoms with Gasteiger partial charge < -0.3 is 10.1 Å². The lowest BCUT2D eigenvalue weighted by Gasteiger charge is -2.19. The SMILES string of the molecule is Cc1c(C)c(C)c(S(=O)(=O)NCCC(=O)NCc2ccc(OC(F)F)cc2)c(C)c1C. The van der Waals surface area contributed by atoms with Gasteiger partial charge in [-0.3, -0.25) is 4.79 Å². The number of ether oxygens (including phenoxy) is 1. The van der Waals surface area contributed by atoms with Crippen molar-refractivity contribution >= 4 is 15.9 Å². The Kier molecular flexibility index (Phi) is 8.14. The number of hydrogen-bond donors (Lipinski definition) is 2. The first-order chi connectivity index (χ1) is 14.4. The van der Waals surface area contributed by atoms with E-state index in [2.05, 4.69) is 14.8 Å². The molecule has 6 nitrogen and oxygen atoms in total. The Balaban J connectivity index is 1.92. The average molecular weight is 455 g/mol. The van der Waals surface area contributed by atoms with Gasteiger partial charge in [0.2, 0.25) is 15.9 Å². The van der Waals surface area contributed by atoms with Crippen molar-refractivity contribution in [3.05, 3.63) is 57.6 Å². The Labute approximate surface area is 182 Å². The number of rotatable bonds is 9. The molecule has 2 rings (SSSR count). The van der Waals surface area contributed by atoms with Gasteiger partial charge in [-0.25, -0.2) is 13.1 Å². The van der Waals surface area contributed by atoms with Crippen LogP contribution in [-0.2, 0) is 21.4 Å². The van der Waals surface area contributed by atoms with E-state index in [0.717, 1.165) is 16.7 Å². The predicted octanol–water partition coefficient (Wildman–Crippen LogP) is 3.81. The molecule has 1 amide bonds. The topological polar surface area (TPSA) is 84.5 Å². The van der Waals surface area contributed by atoms with Crippen molar-refractivity contribution in [2.75, 3.05) is 6.54 Å². The lowest BCUT2D eigenvalue weighted by molar-refractivity contribution is -0.121. The largest absolute Gasteiger partial charge is 0.435 e. The highest BCUT2D eigenvalue weighted by atomic mass is 32.2. The van der Waals surface area contributed by atoms with Gasteiger partial charge in [-0.2, -0.15) is 8.78 Å². The molecule has 0 saturated carbocycles. The fourth-order valence-electron chi connectivity index (χ4n) is 3.32. The molecule has 0 aliphatic heterocycles. The zero-order chi connectivity index (χ0) is 23.3. The van der Waals surface area contributed by atoms with E-state index in [0.29, 0.717) is 16.7 Å². The summed E-state index contributed by atoms with van der Waals surface area (Å²) >= 11 is 0. The van der Waals surface area contributed by atoms with Crippen LogP contribution in [-0.4, -0.2) is 27.5 Å². The van der Waals surface area contributed by atoms with Crippen LogP contribution in [0.4, 0.5) is 8.78 Å². The van der Waals surface area contributed by atoms with E-state index in [9.17, 15) is 22.0 Å². The Morgan fingerprint density at radius 1 is 0.935 bits per heavy atom. The van der Waals surface area contributed by atoms with Crippen LogP contribution in [0.2, 0.25) is 0 Å². The minimum absolute atomic E-state index is 0.0339. The van der Waals surface area contributed by atoms with Crippen molar-refractivity contribution in [1.82, 2.24) is 10.0 Å². The summed E-state index contributed by atoms with van der Waals surface area (Å²) in [6.45, 7) is 6.59. The number of sulfonamides is 1. The Hall–Kier alpha value is -2.52. The highest BCUT2D eigenvalue weighted by Crippen LogP contribution is 2.29. The number of carbonyl (C=O) groups is 1. The monoisotopic (exact) mass is 454 g/mol. The Morgan fingerprint density at radius 2 is 1.45 bits per heavy atom. The molecule has 31 heavy (non-hydrogen) atoms. The van der Waals surface area contributed by atoms with Gasteiger partial charge in [-0.1, -0.05) is 12.1 Å². The third-order valence-corrected chi connectivity index (χ3v) is 7.22. The van der Waals surface area contributed by atoms with E-state index in [-0.39, 0.29) is 36.1 Å². The van der Waals surface area contributed by atoms with Crippen molar-refractivity contribution in [2.45, 2.75) is 59.1 Å².